The molecule has 0 saturated carbocycles. The van der Waals surface area contributed by atoms with Gasteiger partial charge in [0.05, 0.1) is 31.6 Å². The van der Waals surface area contributed by atoms with Gasteiger partial charge < -0.3 is 33.5 Å². The van der Waals surface area contributed by atoms with Crippen molar-refractivity contribution in [1.82, 2.24) is 29.9 Å². The molecule has 52 heavy (non-hydrogen) atoms. The molecule has 2 aliphatic rings. The van der Waals surface area contributed by atoms with E-state index in [4.69, 9.17) is 33.7 Å². The van der Waals surface area contributed by atoms with Crippen LogP contribution in [0.1, 0.15) is 36.2 Å². The summed E-state index contributed by atoms with van der Waals surface area (Å²) in [5.74, 6) is 1.98. The van der Waals surface area contributed by atoms with Crippen molar-refractivity contribution >= 4 is 22.4 Å². The predicted octanol–water partition coefficient (Wildman–Crippen LogP) is 4.73. The van der Waals surface area contributed by atoms with E-state index in [-0.39, 0.29) is 11.0 Å². The van der Waals surface area contributed by atoms with E-state index < -0.39 is 22.2 Å². The predicted molar refractivity (Wildman–Crippen MR) is 195 cm³/mol. The summed E-state index contributed by atoms with van der Waals surface area (Å²) in [4.78, 5) is 18.9. The van der Waals surface area contributed by atoms with Crippen molar-refractivity contribution in [3.05, 3.63) is 89.2 Å². The van der Waals surface area contributed by atoms with Crippen LogP contribution in [0.3, 0.4) is 0 Å². The Balaban J connectivity index is 1.31. The van der Waals surface area contributed by atoms with Crippen LogP contribution in [-0.2, 0) is 52.1 Å². The second kappa shape index (κ2) is 14.1. The highest BCUT2D eigenvalue weighted by molar-refractivity contribution is 7.84. The highest BCUT2D eigenvalue weighted by Crippen LogP contribution is 2.52. The molecule has 15 heteroatoms. The van der Waals surface area contributed by atoms with E-state index in [1.54, 1.807) is 41.6 Å². The van der Waals surface area contributed by atoms with Gasteiger partial charge in [-0.05, 0) is 55.3 Å². The molecular formula is C37H42N8O6S. The van der Waals surface area contributed by atoms with Gasteiger partial charge in [0.1, 0.15) is 40.1 Å². The zero-order valence-corrected chi connectivity index (χ0v) is 31.1. The number of benzene rings is 2. The van der Waals surface area contributed by atoms with Gasteiger partial charge in [0.25, 0.3) is 0 Å². The lowest BCUT2D eigenvalue weighted by Crippen LogP contribution is -2.55. The zero-order chi connectivity index (χ0) is 36.6. The fourth-order valence-electron chi connectivity index (χ4n) is 6.74. The normalized spacial score (nSPS) is 16.8. The van der Waals surface area contributed by atoms with Gasteiger partial charge >= 0.3 is 0 Å². The van der Waals surface area contributed by atoms with Gasteiger partial charge in [0.15, 0.2) is 0 Å². The number of methoxy groups -OCH3 is 4. The average molecular weight is 727 g/mol. The zero-order valence-electron chi connectivity index (χ0n) is 30.3. The molecule has 0 radical (unpaired) electrons. The summed E-state index contributed by atoms with van der Waals surface area (Å²) in [6, 6.07) is 20.1. The second-order valence-corrected chi connectivity index (χ2v) is 14.2. The number of rotatable bonds is 13. The van der Waals surface area contributed by atoms with Crippen LogP contribution in [0, 0.1) is 0 Å². The third kappa shape index (κ3) is 6.22. The molecule has 3 aromatic heterocycles. The Morgan fingerprint density at radius 3 is 2.13 bits per heavy atom. The Morgan fingerprint density at radius 1 is 0.923 bits per heavy atom. The third-order valence-electron chi connectivity index (χ3n) is 9.94. The maximum Gasteiger partial charge on any atom is 0.230 e. The van der Waals surface area contributed by atoms with E-state index in [0.29, 0.717) is 55.5 Å². The number of anilines is 2. The van der Waals surface area contributed by atoms with E-state index in [0.717, 1.165) is 34.0 Å². The monoisotopic (exact) mass is 726 g/mol. The molecule has 0 saturated heterocycles. The highest BCUT2D eigenvalue weighted by Gasteiger charge is 2.57. The molecule has 272 valence electrons. The van der Waals surface area contributed by atoms with Crippen LogP contribution in [0.25, 0.3) is 11.3 Å². The Kier molecular flexibility index (Phi) is 9.59. The van der Waals surface area contributed by atoms with Crippen LogP contribution in [0.15, 0.2) is 72.0 Å². The molecular weight excluding hydrogens is 685 g/mol. The summed E-state index contributed by atoms with van der Waals surface area (Å²) < 4.78 is 44.1. The van der Waals surface area contributed by atoms with Crippen molar-refractivity contribution in [1.29, 1.82) is 0 Å². The molecule has 0 aliphatic carbocycles. The molecule has 0 amide bonds. The molecule has 2 aliphatic heterocycles. The van der Waals surface area contributed by atoms with Crippen molar-refractivity contribution in [2.45, 2.75) is 56.6 Å². The number of ether oxygens (including phenoxy) is 5. The molecule has 0 spiro atoms. The number of pyridine rings is 1. The molecule has 0 N–H and O–H groups in total. The van der Waals surface area contributed by atoms with Crippen molar-refractivity contribution < 1.29 is 27.9 Å². The van der Waals surface area contributed by atoms with Crippen molar-refractivity contribution in [2.24, 2.45) is 0 Å². The van der Waals surface area contributed by atoms with E-state index in [9.17, 15) is 4.21 Å². The maximum absolute atomic E-state index is 13.0. The van der Waals surface area contributed by atoms with Crippen LogP contribution in [0.2, 0.25) is 0 Å². The number of hydrogen-bond acceptors (Lipinski definition) is 13. The van der Waals surface area contributed by atoms with Gasteiger partial charge in [0, 0.05) is 58.4 Å². The molecule has 5 heterocycles. The third-order valence-corrected chi connectivity index (χ3v) is 10.6. The fourth-order valence-corrected chi connectivity index (χ4v) is 7.16. The molecule has 2 aromatic carbocycles. The van der Waals surface area contributed by atoms with E-state index in [1.165, 1.54) is 0 Å². The largest absolute Gasteiger partial charge is 0.497 e. The Hall–Kier alpha value is -5.12. The minimum absolute atomic E-state index is 0.147. The van der Waals surface area contributed by atoms with Gasteiger partial charge in [-0.15, -0.1) is 5.10 Å². The first-order valence-electron chi connectivity index (χ1n) is 16.8. The van der Waals surface area contributed by atoms with Crippen molar-refractivity contribution in [3.63, 3.8) is 0 Å². The summed E-state index contributed by atoms with van der Waals surface area (Å²) in [5, 5.41) is 9.29. The summed E-state index contributed by atoms with van der Waals surface area (Å²) in [7, 11) is 4.91. The minimum atomic E-state index is -1.51. The Bertz CT molecular complexity index is 2040. The first-order valence-corrected chi connectivity index (χ1v) is 18.4. The first kappa shape index (κ1) is 35.3. The summed E-state index contributed by atoms with van der Waals surface area (Å²) in [6.07, 6.45) is 3.37. The lowest BCUT2D eigenvalue weighted by molar-refractivity contribution is -0.284. The minimum Gasteiger partial charge on any atom is -0.497 e. The van der Waals surface area contributed by atoms with Crippen LogP contribution < -0.4 is 24.0 Å². The van der Waals surface area contributed by atoms with Crippen molar-refractivity contribution in [3.8, 4) is 28.6 Å². The van der Waals surface area contributed by atoms with Gasteiger partial charge in [-0.25, -0.2) is 14.6 Å². The standard InChI is InChI=1S/C37H42N8O6S/c1-36(37(2,49-5)50-6)31-30-29-33(39-35(52(7)46)40-34(29)51-36)43(19-20-45(30)42-41-31)23-26-9-8-18-38-32(26)44(21-24-10-14-27(47-3)15-11-24)22-25-12-16-28(48-4)17-13-25/h8-18H,19-23H2,1-7H3. The maximum atomic E-state index is 13.0. The Morgan fingerprint density at radius 2 is 1.56 bits per heavy atom. The summed E-state index contributed by atoms with van der Waals surface area (Å²) in [6.45, 7) is 6.25. The molecule has 0 bridgehead atoms. The molecule has 14 nitrogen and oxygen atoms in total. The lowest BCUT2D eigenvalue weighted by atomic mass is 9.87. The second-order valence-electron chi connectivity index (χ2n) is 12.9. The first-order chi connectivity index (χ1) is 25.1. The molecule has 5 aromatic rings. The van der Waals surface area contributed by atoms with E-state index in [1.807, 2.05) is 48.1 Å². The Labute approximate surface area is 305 Å². The molecule has 7 rings (SSSR count). The summed E-state index contributed by atoms with van der Waals surface area (Å²) in [5.41, 5.74) is 3.80. The quantitative estimate of drug-likeness (QED) is 0.122. The van der Waals surface area contributed by atoms with Gasteiger partial charge in [-0.1, -0.05) is 35.5 Å². The van der Waals surface area contributed by atoms with Crippen LogP contribution in [0.5, 0.6) is 17.4 Å². The number of nitrogens with zero attached hydrogens (tertiary/aromatic N) is 8. The fraction of sp³-hybridized carbons (Fsp3) is 0.378. The van der Waals surface area contributed by atoms with Gasteiger partial charge in [-0.2, -0.15) is 4.98 Å². The van der Waals surface area contributed by atoms with Crippen molar-refractivity contribution in [2.75, 3.05) is 51.0 Å². The van der Waals surface area contributed by atoms with Crippen LogP contribution >= 0.6 is 0 Å². The smallest absolute Gasteiger partial charge is 0.230 e. The number of aromatic nitrogens is 6. The van der Waals surface area contributed by atoms with Crippen LogP contribution in [-0.4, -0.2) is 81.2 Å². The molecule has 2 atom stereocenters. The number of hydrogen-bond donors (Lipinski definition) is 0. The average Bonchev–Trinajstić information content (AvgIpc) is 3.54. The topological polar surface area (TPSA) is 139 Å². The van der Waals surface area contributed by atoms with E-state index in [2.05, 4.69) is 55.4 Å². The van der Waals surface area contributed by atoms with Gasteiger partial charge in [-0.3, -0.25) is 4.21 Å². The van der Waals surface area contributed by atoms with Crippen LogP contribution in [0.4, 0.5) is 11.6 Å². The molecule has 0 fully saturated rings. The summed E-state index contributed by atoms with van der Waals surface area (Å²) >= 11 is 0. The SMILES string of the molecule is COc1ccc(CN(Cc2ccc(OC)cc2)c2ncccc2CN2CCn3nnc4c3-c3c(nc(S(C)=O)nc32)OC4(C)C(C)(OC)OC)cc1. The molecule has 2 unspecified atom stereocenters. The lowest BCUT2D eigenvalue weighted by Gasteiger charge is -2.44. The van der Waals surface area contributed by atoms with E-state index >= 15 is 0 Å². The highest BCUT2D eigenvalue weighted by atomic mass is 32.2. The van der Waals surface area contributed by atoms with Gasteiger partial charge in [0.2, 0.25) is 22.4 Å².